The van der Waals surface area contributed by atoms with Crippen molar-refractivity contribution in [2.75, 3.05) is 4.90 Å². The number of benzene rings is 9. The van der Waals surface area contributed by atoms with Crippen molar-refractivity contribution in [3.05, 3.63) is 200 Å². The van der Waals surface area contributed by atoms with Gasteiger partial charge in [-0.05, 0) is 74.8 Å². The summed E-state index contributed by atoms with van der Waals surface area (Å²) in [7, 11) is 0. The summed E-state index contributed by atoms with van der Waals surface area (Å²) in [4.78, 5) is 2.48. The Morgan fingerprint density at radius 1 is 0.327 bits per heavy atom. The standard InChI is InChI=1S/C50H33NO/c1-4-15-34(16-5-1)39-29-31-44(43(33-39)36-19-8-3-9-20-36)51(45-25-14-22-38-28-27-37-21-10-11-23-40(37)48(38)45)46-32-30-41(35-17-6-2-7-18-35)50-49(46)42-24-12-13-26-47(42)52-50/h1-33H. The first kappa shape index (κ1) is 30.0. The fourth-order valence-corrected chi connectivity index (χ4v) is 7.85. The van der Waals surface area contributed by atoms with Crippen LogP contribution in [0, 0.1) is 0 Å². The van der Waals surface area contributed by atoms with Crippen LogP contribution in [0.1, 0.15) is 0 Å². The van der Waals surface area contributed by atoms with Crippen LogP contribution in [0.4, 0.5) is 17.1 Å². The predicted molar refractivity (Wildman–Crippen MR) is 220 cm³/mol. The molecule has 10 rings (SSSR count). The van der Waals surface area contributed by atoms with E-state index >= 15 is 0 Å². The highest BCUT2D eigenvalue weighted by Gasteiger charge is 2.26. The maximum absolute atomic E-state index is 6.82. The molecule has 0 unspecified atom stereocenters. The Balaban J connectivity index is 1.36. The van der Waals surface area contributed by atoms with Crippen LogP contribution in [-0.2, 0) is 0 Å². The van der Waals surface area contributed by atoms with Crippen LogP contribution in [0.15, 0.2) is 205 Å². The molecule has 52 heavy (non-hydrogen) atoms. The van der Waals surface area contributed by atoms with Gasteiger partial charge in [0.25, 0.3) is 0 Å². The van der Waals surface area contributed by atoms with E-state index in [4.69, 9.17) is 4.42 Å². The Bertz CT molecular complexity index is 2890. The maximum atomic E-state index is 6.82. The highest BCUT2D eigenvalue weighted by atomic mass is 16.3. The molecule has 2 heteroatoms. The van der Waals surface area contributed by atoms with Crippen LogP contribution >= 0.6 is 0 Å². The molecule has 1 heterocycles. The van der Waals surface area contributed by atoms with Crippen LogP contribution in [0.2, 0.25) is 0 Å². The van der Waals surface area contributed by atoms with Gasteiger partial charge in [-0.1, -0.05) is 164 Å². The number of fused-ring (bicyclic) bond motifs is 6. The molecule has 2 nitrogen and oxygen atoms in total. The molecular formula is C50H33NO. The second-order valence-electron chi connectivity index (χ2n) is 13.3. The van der Waals surface area contributed by atoms with Crippen LogP contribution in [0.25, 0.3) is 76.9 Å². The largest absolute Gasteiger partial charge is 0.455 e. The smallest absolute Gasteiger partial charge is 0.145 e. The minimum atomic E-state index is 0.869. The molecule has 1 aromatic heterocycles. The molecule has 0 bridgehead atoms. The molecule has 9 aromatic carbocycles. The van der Waals surface area contributed by atoms with Crippen molar-refractivity contribution in [1.29, 1.82) is 0 Å². The van der Waals surface area contributed by atoms with Crippen LogP contribution < -0.4 is 4.90 Å². The molecular weight excluding hydrogens is 631 g/mol. The van der Waals surface area contributed by atoms with E-state index in [1.165, 1.54) is 32.7 Å². The molecule has 0 atom stereocenters. The Kier molecular flexibility index (Phi) is 7.18. The van der Waals surface area contributed by atoms with Crippen molar-refractivity contribution in [2.45, 2.75) is 0 Å². The highest BCUT2D eigenvalue weighted by molar-refractivity contribution is 6.21. The Hall–Kier alpha value is -6.90. The van der Waals surface area contributed by atoms with Crippen molar-refractivity contribution in [1.82, 2.24) is 0 Å². The van der Waals surface area contributed by atoms with Gasteiger partial charge in [-0.3, -0.25) is 0 Å². The molecule has 0 aliphatic rings. The molecule has 0 radical (unpaired) electrons. The SMILES string of the molecule is c1ccc(-c2ccc(N(c3cccc4ccc5ccccc5c34)c3ccc(-c4ccccc4)c4oc5ccccc5c34)c(-c3ccccc3)c2)cc1. The van der Waals surface area contributed by atoms with E-state index in [0.29, 0.717) is 0 Å². The van der Waals surface area contributed by atoms with Crippen molar-refractivity contribution in [3.8, 4) is 33.4 Å². The summed E-state index contributed by atoms with van der Waals surface area (Å²) in [5, 5.41) is 7.00. The third-order valence-electron chi connectivity index (χ3n) is 10.2. The number of nitrogens with zero attached hydrogens (tertiary/aromatic N) is 1. The number of rotatable bonds is 6. The molecule has 0 spiro atoms. The maximum Gasteiger partial charge on any atom is 0.145 e. The Morgan fingerprint density at radius 3 is 1.67 bits per heavy atom. The lowest BCUT2D eigenvalue weighted by Gasteiger charge is -2.30. The summed E-state index contributed by atoms with van der Waals surface area (Å²) in [5.41, 5.74) is 11.9. The van der Waals surface area contributed by atoms with E-state index < -0.39 is 0 Å². The van der Waals surface area contributed by atoms with E-state index in [9.17, 15) is 0 Å². The minimum Gasteiger partial charge on any atom is -0.455 e. The fourth-order valence-electron chi connectivity index (χ4n) is 7.85. The van der Waals surface area contributed by atoms with Crippen molar-refractivity contribution < 1.29 is 4.42 Å². The summed E-state index contributed by atoms with van der Waals surface area (Å²) < 4.78 is 6.82. The zero-order chi connectivity index (χ0) is 34.4. The van der Waals surface area contributed by atoms with E-state index in [-0.39, 0.29) is 0 Å². The molecule has 0 aliphatic heterocycles. The van der Waals surface area contributed by atoms with Gasteiger partial charge in [0.1, 0.15) is 11.2 Å². The van der Waals surface area contributed by atoms with Gasteiger partial charge in [0.05, 0.1) is 22.4 Å². The van der Waals surface area contributed by atoms with E-state index in [0.717, 1.165) is 61.3 Å². The van der Waals surface area contributed by atoms with Crippen molar-refractivity contribution >= 4 is 60.5 Å². The topological polar surface area (TPSA) is 16.4 Å². The monoisotopic (exact) mass is 663 g/mol. The highest BCUT2D eigenvalue weighted by Crippen LogP contribution is 2.50. The first-order chi connectivity index (χ1) is 25.8. The number of hydrogen-bond donors (Lipinski definition) is 0. The second-order valence-corrected chi connectivity index (χ2v) is 13.3. The fraction of sp³-hybridized carbons (Fsp3) is 0. The molecule has 0 saturated heterocycles. The lowest BCUT2D eigenvalue weighted by molar-refractivity contribution is 0.670. The van der Waals surface area contributed by atoms with Crippen LogP contribution in [-0.4, -0.2) is 0 Å². The first-order valence-corrected chi connectivity index (χ1v) is 17.8. The summed E-state index contributed by atoms with van der Waals surface area (Å²) in [6.07, 6.45) is 0. The summed E-state index contributed by atoms with van der Waals surface area (Å²) >= 11 is 0. The second kappa shape index (κ2) is 12.5. The third-order valence-corrected chi connectivity index (χ3v) is 10.2. The molecule has 10 aromatic rings. The van der Waals surface area contributed by atoms with Gasteiger partial charge in [-0.25, -0.2) is 0 Å². The average molecular weight is 664 g/mol. The summed E-state index contributed by atoms with van der Waals surface area (Å²) in [6.45, 7) is 0. The first-order valence-electron chi connectivity index (χ1n) is 17.8. The predicted octanol–water partition coefficient (Wildman–Crippen LogP) is 14.4. The normalized spacial score (nSPS) is 11.5. The number of furan rings is 1. The average Bonchev–Trinajstić information content (AvgIpc) is 3.62. The van der Waals surface area contributed by atoms with Crippen molar-refractivity contribution in [2.24, 2.45) is 0 Å². The van der Waals surface area contributed by atoms with Gasteiger partial charge in [0, 0.05) is 21.9 Å². The molecule has 0 amide bonds. The van der Waals surface area contributed by atoms with E-state index in [2.05, 4.69) is 205 Å². The lowest BCUT2D eigenvalue weighted by Crippen LogP contribution is -2.12. The van der Waals surface area contributed by atoms with Gasteiger partial charge in [-0.2, -0.15) is 0 Å². The summed E-state index contributed by atoms with van der Waals surface area (Å²) in [6, 6.07) is 71.7. The van der Waals surface area contributed by atoms with Gasteiger partial charge in [0.2, 0.25) is 0 Å². The Labute approximate surface area is 302 Å². The quantitative estimate of drug-likeness (QED) is 0.165. The van der Waals surface area contributed by atoms with E-state index in [1.54, 1.807) is 0 Å². The number of anilines is 3. The zero-order valence-corrected chi connectivity index (χ0v) is 28.4. The Morgan fingerprint density at radius 2 is 0.904 bits per heavy atom. The molecule has 0 saturated carbocycles. The minimum absolute atomic E-state index is 0.869. The molecule has 0 aliphatic carbocycles. The zero-order valence-electron chi connectivity index (χ0n) is 28.4. The van der Waals surface area contributed by atoms with E-state index in [1.807, 2.05) is 0 Å². The van der Waals surface area contributed by atoms with Crippen molar-refractivity contribution in [3.63, 3.8) is 0 Å². The van der Waals surface area contributed by atoms with Crippen LogP contribution in [0.5, 0.6) is 0 Å². The third kappa shape index (κ3) is 4.96. The van der Waals surface area contributed by atoms with Gasteiger partial charge in [0.15, 0.2) is 0 Å². The van der Waals surface area contributed by atoms with Gasteiger partial charge in [-0.15, -0.1) is 0 Å². The summed E-state index contributed by atoms with van der Waals surface area (Å²) in [5.74, 6) is 0. The lowest BCUT2D eigenvalue weighted by atomic mass is 9.94. The molecule has 0 N–H and O–H groups in total. The van der Waals surface area contributed by atoms with Crippen LogP contribution in [0.3, 0.4) is 0 Å². The molecule has 0 fully saturated rings. The van der Waals surface area contributed by atoms with Gasteiger partial charge < -0.3 is 9.32 Å². The molecule has 244 valence electrons. The van der Waals surface area contributed by atoms with Gasteiger partial charge >= 0.3 is 0 Å². The number of hydrogen-bond acceptors (Lipinski definition) is 2. The number of para-hydroxylation sites is 1.